The number of hydrogen-bond acceptors (Lipinski definition) is 7. The molecule has 0 aliphatic carbocycles. The van der Waals surface area contributed by atoms with Crippen LogP contribution < -0.4 is 18.9 Å². The molecule has 0 aliphatic rings. The maximum atomic E-state index is 13.1. The van der Waals surface area contributed by atoms with E-state index in [9.17, 15) is 8.42 Å². The number of anilines is 1. The smallest absolute Gasteiger partial charge is 0.265 e. The first-order valence-electron chi connectivity index (χ1n) is 9.00. The second kappa shape index (κ2) is 8.87. The zero-order chi connectivity index (χ0) is 20.9. The topological polar surface area (TPSA) is 99.9 Å². The summed E-state index contributed by atoms with van der Waals surface area (Å²) in [6.45, 7) is 4.51. The van der Waals surface area contributed by atoms with Crippen LogP contribution in [0, 0.1) is 0 Å². The predicted molar refractivity (Wildman–Crippen MR) is 108 cm³/mol. The zero-order valence-electron chi connectivity index (χ0n) is 16.3. The molecule has 3 rings (SSSR count). The van der Waals surface area contributed by atoms with E-state index in [0.29, 0.717) is 36.0 Å². The van der Waals surface area contributed by atoms with Gasteiger partial charge in [0, 0.05) is 17.7 Å². The Balaban J connectivity index is 1.98. The fourth-order valence-corrected chi connectivity index (χ4v) is 3.95. The third-order valence-corrected chi connectivity index (χ3v) is 5.39. The lowest BCUT2D eigenvalue weighted by Gasteiger charge is -2.16. The molecule has 0 amide bonds. The van der Waals surface area contributed by atoms with Crippen LogP contribution in [0.5, 0.6) is 17.2 Å². The summed E-state index contributed by atoms with van der Waals surface area (Å²) < 4.78 is 50.2. The average molecular weight is 418 g/mol. The van der Waals surface area contributed by atoms with Gasteiger partial charge in [0.1, 0.15) is 22.1 Å². The fourth-order valence-electron chi connectivity index (χ4n) is 2.73. The largest absolute Gasteiger partial charge is 0.495 e. The van der Waals surface area contributed by atoms with Gasteiger partial charge in [-0.25, -0.2) is 8.42 Å². The second-order valence-electron chi connectivity index (χ2n) is 5.87. The number of ether oxygens (including phenoxy) is 3. The Kier molecular flexibility index (Phi) is 6.28. The highest BCUT2D eigenvalue weighted by Crippen LogP contribution is 2.35. The van der Waals surface area contributed by atoms with Crippen LogP contribution in [0.4, 0.5) is 5.69 Å². The summed E-state index contributed by atoms with van der Waals surface area (Å²) in [6, 6.07) is 11.3. The first-order valence-corrected chi connectivity index (χ1v) is 10.5. The molecule has 0 atom stereocenters. The van der Waals surface area contributed by atoms with E-state index < -0.39 is 10.0 Å². The van der Waals surface area contributed by atoms with E-state index in [1.165, 1.54) is 19.4 Å². The van der Waals surface area contributed by atoms with Crippen LogP contribution in [0.1, 0.15) is 13.8 Å². The van der Waals surface area contributed by atoms with Crippen LogP contribution in [0.2, 0.25) is 0 Å². The van der Waals surface area contributed by atoms with Crippen molar-refractivity contribution >= 4 is 15.7 Å². The molecule has 0 radical (unpaired) electrons. The van der Waals surface area contributed by atoms with Crippen LogP contribution in [0.15, 0.2) is 58.1 Å². The third kappa shape index (κ3) is 4.62. The molecule has 0 spiro atoms. The van der Waals surface area contributed by atoms with E-state index >= 15 is 0 Å². The van der Waals surface area contributed by atoms with Gasteiger partial charge in [-0.05, 0) is 44.2 Å². The van der Waals surface area contributed by atoms with Crippen molar-refractivity contribution in [2.75, 3.05) is 25.0 Å². The molecular formula is C20H22N2O6S. The van der Waals surface area contributed by atoms with Gasteiger partial charge < -0.3 is 18.7 Å². The molecule has 0 saturated carbocycles. The van der Waals surface area contributed by atoms with Crippen molar-refractivity contribution in [3.63, 3.8) is 0 Å². The van der Waals surface area contributed by atoms with Crippen molar-refractivity contribution in [1.82, 2.24) is 5.16 Å². The summed E-state index contributed by atoms with van der Waals surface area (Å²) in [5.74, 6) is 1.60. The van der Waals surface area contributed by atoms with Gasteiger partial charge in [0.15, 0.2) is 5.76 Å². The summed E-state index contributed by atoms with van der Waals surface area (Å²) in [5.41, 5.74) is 0.922. The standard InChI is InChI=1S/C20H22N2O6S/c1-4-26-15-7-8-18(27-5-2)16(13-15)22-29(23,24)20-9-6-14(12-19(20)25-3)17-10-11-21-28-17/h6-13,22H,4-5H2,1-3H3. The van der Waals surface area contributed by atoms with Crippen molar-refractivity contribution < 1.29 is 27.2 Å². The zero-order valence-corrected chi connectivity index (χ0v) is 17.2. The van der Waals surface area contributed by atoms with Gasteiger partial charge in [0.05, 0.1) is 32.2 Å². The van der Waals surface area contributed by atoms with E-state index in [-0.39, 0.29) is 16.3 Å². The minimum absolute atomic E-state index is 0.0208. The normalized spacial score (nSPS) is 11.1. The van der Waals surface area contributed by atoms with Gasteiger partial charge in [0.2, 0.25) is 0 Å². The Labute approximate surface area is 169 Å². The van der Waals surface area contributed by atoms with Gasteiger partial charge in [-0.15, -0.1) is 0 Å². The molecule has 9 heteroatoms. The van der Waals surface area contributed by atoms with Gasteiger partial charge in [-0.1, -0.05) is 5.16 Å². The molecule has 0 aliphatic heterocycles. The molecule has 1 N–H and O–H groups in total. The highest BCUT2D eigenvalue weighted by molar-refractivity contribution is 7.92. The molecule has 0 fully saturated rings. The van der Waals surface area contributed by atoms with Crippen LogP contribution in [0.25, 0.3) is 11.3 Å². The van der Waals surface area contributed by atoms with Crippen molar-refractivity contribution in [2.45, 2.75) is 18.7 Å². The molecular weight excluding hydrogens is 396 g/mol. The SMILES string of the molecule is CCOc1ccc(OCC)c(NS(=O)(=O)c2ccc(-c3ccno3)cc2OC)c1. The molecule has 154 valence electrons. The quantitative estimate of drug-likeness (QED) is 0.562. The van der Waals surface area contributed by atoms with Gasteiger partial charge >= 0.3 is 0 Å². The van der Waals surface area contributed by atoms with Crippen LogP contribution >= 0.6 is 0 Å². The van der Waals surface area contributed by atoms with Crippen molar-refractivity contribution in [1.29, 1.82) is 0 Å². The number of nitrogens with zero attached hydrogens (tertiary/aromatic N) is 1. The lowest BCUT2D eigenvalue weighted by Crippen LogP contribution is -2.15. The monoisotopic (exact) mass is 418 g/mol. The summed E-state index contributed by atoms with van der Waals surface area (Å²) in [6.07, 6.45) is 1.51. The van der Waals surface area contributed by atoms with Gasteiger partial charge in [-0.3, -0.25) is 4.72 Å². The van der Waals surface area contributed by atoms with E-state index in [1.54, 1.807) is 36.4 Å². The molecule has 8 nitrogen and oxygen atoms in total. The first kappa shape index (κ1) is 20.5. The molecule has 2 aromatic carbocycles. The maximum absolute atomic E-state index is 13.1. The molecule has 0 unspecified atom stereocenters. The number of rotatable bonds is 9. The number of methoxy groups -OCH3 is 1. The number of benzene rings is 2. The number of nitrogens with one attached hydrogen (secondary N) is 1. The average Bonchev–Trinajstić information content (AvgIpc) is 3.24. The Morgan fingerprint density at radius 3 is 2.45 bits per heavy atom. The third-order valence-electron chi connectivity index (χ3n) is 3.98. The minimum atomic E-state index is -3.97. The van der Waals surface area contributed by atoms with E-state index in [4.69, 9.17) is 18.7 Å². The molecule has 1 aromatic heterocycles. The summed E-state index contributed by atoms with van der Waals surface area (Å²) >= 11 is 0. The van der Waals surface area contributed by atoms with Gasteiger partial charge in [-0.2, -0.15) is 0 Å². The second-order valence-corrected chi connectivity index (χ2v) is 7.52. The van der Waals surface area contributed by atoms with Crippen molar-refractivity contribution in [3.05, 3.63) is 48.7 Å². The lowest BCUT2D eigenvalue weighted by atomic mass is 10.1. The minimum Gasteiger partial charge on any atom is -0.495 e. The predicted octanol–water partition coefficient (Wildman–Crippen LogP) is 3.95. The van der Waals surface area contributed by atoms with Crippen LogP contribution in [-0.2, 0) is 10.0 Å². The summed E-state index contributed by atoms with van der Waals surface area (Å²) in [7, 11) is -2.57. The van der Waals surface area contributed by atoms with E-state index in [2.05, 4.69) is 9.88 Å². The maximum Gasteiger partial charge on any atom is 0.265 e. The van der Waals surface area contributed by atoms with E-state index in [1.807, 2.05) is 13.8 Å². The Morgan fingerprint density at radius 2 is 1.79 bits per heavy atom. The van der Waals surface area contributed by atoms with Crippen LogP contribution in [-0.4, -0.2) is 33.9 Å². The Bertz CT molecular complexity index is 1060. The summed E-state index contributed by atoms with van der Waals surface area (Å²) in [5, 5.41) is 3.66. The van der Waals surface area contributed by atoms with Crippen molar-refractivity contribution in [2.24, 2.45) is 0 Å². The molecule has 1 heterocycles. The highest BCUT2D eigenvalue weighted by atomic mass is 32.2. The van der Waals surface area contributed by atoms with Crippen molar-refractivity contribution in [3.8, 4) is 28.6 Å². The fraction of sp³-hybridized carbons (Fsp3) is 0.250. The highest BCUT2D eigenvalue weighted by Gasteiger charge is 2.23. The number of aromatic nitrogens is 1. The summed E-state index contributed by atoms with van der Waals surface area (Å²) in [4.78, 5) is -0.0208. The van der Waals surface area contributed by atoms with Crippen LogP contribution in [0.3, 0.4) is 0 Å². The number of hydrogen-bond donors (Lipinski definition) is 1. The van der Waals surface area contributed by atoms with Gasteiger partial charge in [0.25, 0.3) is 10.0 Å². The molecule has 0 saturated heterocycles. The lowest BCUT2D eigenvalue weighted by molar-refractivity contribution is 0.332. The Morgan fingerprint density at radius 1 is 1.00 bits per heavy atom. The van der Waals surface area contributed by atoms with E-state index in [0.717, 1.165) is 0 Å². The molecule has 0 bridgehead atoms. The molecule has 29 heavy (non-hydrogen) atoms. The first-order chi connectivity index (χ1) is 14.0. The molecule has 3 aromatic rings. The number of sulfonamides is 1. The Hall–Kier alpha value is -3.20.